The Morgan fingerprint density at radius 1 is 1.52 bits per heavy atom. The summed E-state index contributed by atoms with van der Waals surface area (Å²) < 4.78 is 5.34. The third kappa shape index (κ3) is 2.45. The van der Waals surface area contributed by atoms with Crippen LogP contribution in [0, 0.1) is 10.1 Å². The zero-order chi connectivity index (χ0) is 15.0. The second-order valence-electron chi connectivity index (χ2n) is 5.36. The minimum Gasteiger partial charge on any atom is -0.379 e. The third-order valence-electron chi connectivity index (χ3n) is 3.61. The fraction of sp³-hybridized carbons (Fsp3) is 0.385. The number of nitro groups is 1. The zero-order valence-electron chi connectivity index (χ0n) is 11.4. The lowest BCUT2D eigenvalue weighted by Crippen LogP contribution is -2.35. The van der Waals surface area contributed by atoms with Crippen LogP contribution in [0.4, 0.5) is 11.4 Å². The Labute approximate surface area is 119 Å². The van der Waals surface area contributed by atoms with Gasteiger partial charge in [-0.25, -0.2) is 4.98 Å². The Balaban J connectivity index is 2.14. The summed E-state index contributed by atoms with van der Waals surface area (Å²) in [5.74, 6) is 0. The summed E-state index contributed by atoms with van der Waals surface area (Å²) in [5, 5.41) is 14.6. The number of fused-ring (bicyclic) bond motifs is 1. The summed E-state index contributed by atoms with van der Waals surface area (Å²) in [4.78, 5) is 28.9. The van der Waals surface area contributed by atoms with Gasteiger partial charge < -0.3 is 15.0 Å². The van der Waals surface area contributed by atoms with Gasteiger partial charge in [0.25, 0.3) is 11.2 Å². The number of nitrogens with zero attached hydrogens (tertiary/aromatic N) is 2. The highest BCUT2D eigenvalue weighted by molar-refractivity contribution is 5.86. The summed E-state index contributed by atoms with van der Waals surface area (Å²) >= 11 is 0. The maximum Gasteiger partial charge on any atom is 0.293 e. The Kier molecular flexibility index (Phi) is 3.09. The van der Waals surface area contributed by atoms with Crippen LogP contribution in [0.1, 0.15) is 13.3 Å². The fourth-order valence-electron chi connectivity index (χ4n) is 2.45. The van der Waals surface area contributed by atoms with Crippen LogP contribution >= 0.6 is 0 Å². The number of rotatable bonds is 3. The van der Waals surface area contributed by atoms with Crippen molar-refractivity contribution in [2.75, 3.05) is 18.5 Å². The van der Waals surface area contributed by atoms with Crippen molar-refractivity contribution in [1.29, 1.82) is 0 Å². The van der Waals surface area contributed by atoms with E-state index in [-0.39, 0.29) is 16.6 Å². The summed E-state index contributed by atoms with van der Waals surface area (Å²) in [6.07, 6.45) is 2.03. The molecule has 0 aliphatic carbocycles. The fourth-order valence-corrected chi connectivity index (χ4v) is 2.45. The minimum atomic E-state index is -0.507. The van der Waals surface area contributed by atoms with Crippen molar-refractivity contribution in [3.63, 3.8) is 0 Å². The first-order valence-corrected chi connectivity index (χ1v) is 6.50. The summed E-state index contributed by atoms with van der Waals surface area (Å²) in [6, 6.07) is 2.79. The second kappa shape index (κ2) is 4.81. The molecule has 0 spiro atoms. The molecule has 1 unspecified atom stereocenters. The van der Waals surface area contributed by atoms with E-state index in [1.165, 1.54) is 18.5 Å². The van der Waals surface area contributed by atoms with Crippen molar-refractivity contribution in [1.82, 2.24) is 9.97 Å². The number of hydrogen-bond donors (Lipinski definition) is 2. The topological polar surface area (TPSA) is 110 Å². The van der Waals surface area contributed by atoms with Gasteiger partial charge in [-0.05, 0) is 19.4 Å². The first-order chi connectivity index (χ1) is 9.98. The van der Waals surface area contributed by atoms with E-state index in [0.29, 0.717) is 24.4 Å². The molecule has 0 saturated carbocycles. The normalized spacial score (nSPS) is 21.6. The Hall–Kier alpha value is -2.48. The lowest BCUT2D eigenvalue weighted by molar-refractivity contribution is -0.383. The first-order valence-electron chi connectivity index (χ1n) is 6.50. The van der Waals surface area contributed by atoms with Gasteiger partial charge in [-0.3, -0.25) is 14.9 Å². The first kappa shape index (κ1) is 13.5. The monoisotopic (exact) mass is 290 g/mol. The molecular weight excluding hydrogens is 276 g/mol. The van der Waals surface area contributed by atoms with Gasteiger partial charge in [0.15, 0.2) is 0 Å². The molecule has 2 heterocycles. The third-order valence-corrected chi connectivity index (χ3v) is 3.61. The van der Waals surface area contributed by atoms with E-state index >= 15 is 0 Å². The molecule has 3 rings (SSSR count). The molecule has 0 bridgehead atoms. The minimum absolute atomic E-state index is 0.144. The summed E-state index contributed by atoms with van der Waals surface area (Å²) in [7, 11) is 0. The van der Waals surface area contributed by atoms with Gasteiger partial charge >= 0.3 is 0 Å². The number of benzene rings is 1. The van der Waals surface area contributed by atoms with Gasteiger partial charge in [0, 0.05) is 12.7 Å². The molecule has 1 aromatic carbocycles. The predicted octanol–water partition coefficient (Wildman–Crippen LogP) is 1.42. The van der Waals surface area contributed by atoms with E-state index in [9.17, 15) is 14.9 Å². The average molecular weight is 290 g/mol. The molecule has 2 N–H and O–H groups in total. The van der Waals surface area contributed by atoms with Crippen molar-refractivity contribution in [3.05, 3.63) is 38.9 Å². The van der Waals surface area contributed by atoms with E-state index in [1.54, 1.807) is 0 Å². The Morgan fingerprint density at radius 2 is 2.33 bits per heavy atom. The summed E-state index contributed by atoms with van der Waals surface area (Å²) in [5.41, 5.74) is -0.147. The smallest absolute Gasteiger partial charge is 0.293 e. The van der Waals surface area contributed by atoms with Gasteiger partial charge in [-0.15, -0.1) is 0 Å². The van der Waals surface area contributed by atoms with E-state index in [0.717, 1.165) is 6.42 Å². The van der Waals surface area contributed by atoms with Gasteiger partial charge in [-0.1, -0.05) is 0 Å². The van der Waals surface area contributed by atoms with Crippen LogP contribution < -0.4 is 10.9 Å². The molecule has 1 aliphatic heterocycles. The molecule has 1 saturated heterocycles. The van der Waals surface area contributed by atoms with Crippen molar-refractivity contribution in [2.45, 2.75) is 18.9 Å². The van der Waals surface area contributed by atoms with Crippen LogP contribution in [-0.4, -0.2) is 33.6 Å². The standard InChI is InChI=1S/C13H14N4O4/c1-13(2-3-21-6-13)16-10-5-9-8(4-11(10)17(19)20)12(18)15-7-14-9/h4-5,7,16H,2-3,6H2,1H3,(H,14,15,18). The molecule has 21 heavy (non-hydrogen) atoms. The highest BCUT2D eigenvalue weighted by atomic mass is 16.6. The van der Waals surface area contributed by atoms with Crippen LogP contribution in [0.15, 0.2) is 23.3 Å². The SMILES string of the molecule is CC1(Nc2cc3nc[nH]c(=O)c3cc2[N+](=O)[O-])CCOC1. The molecule has 8 heteroatoms. The van der Waals surface area contributed by atoms with Gasteiger partial charge in [-0.2, -0.15) is 0 Å². The Morgan fingerprint density at radius 3 is 3.00 bits per heavy atom. The van der Waals surface area contributed by atoms with E-state index < -0.39 is 10.5 Å². The molecule has 2 aromatic rings. The van der Waals surface area contributed by atoms with Crippen LogP contribution in [0.2, 0.25) is 0 Å². The largest absolute Gasteiger partial charge is 0.379 e. The van der Waals surface area contributed by atoms with E-state index in [2.05, 4.69) is 15.3 Å². The molecule has 1 aliphatic rings. The van der Waals surface area contributed by atoms with Crippen molar-refractivity contribution < 1.29 is 9.66 Å². The lowest BCUT2D eigenvalue weighted by Gasteiger charge is -2.24. The van der Waals surface area contributed by atoms with Gasteiger partial charge in [0.05, 0.1) is 34.3 Å². The number of aromatic amines is 1. The molecule has 0 amide bonds. The lowest BCUT2D eigenvalue weighted by atomic mass is 10.0. The highest BCUT2D eigenvalue weighted by Crippen LogP contribution is 2.32. The van der Waals surface area contributed by atoms with Gasteiger partial charge in [0.1, 0.15) is 5.69 Å². The molecular formula is C13H14N4O4. The number of ether oxygens (including phenoxy) is 1. The number of anilines is 1. The molecule has 1 aromatic heterocycles. The van der Waals surface area contributed by atoms with Gasteiger partial charge in [0.2, 0.25) is 0 Å². The van der Waals surface area contributed by atoms with Crippen LogP contribution in [-0.2, 0) is 4.74 Å². The number of nitro benzene ring substituents is 1. The van der Waals surface area contributed by atoms with Crippen molar-refractivity contribution >= 4 is 22.3 Å². The van der Waals surface area contributed by atoms with Crippen molar-refractivity contribution in [3.8, 4) is 0 Å². The van der Waals surface area contributed by atoms with Crippen molar-refractivity contribution in [2.24, 2.45) is 0 Å². The zero-order valence-corrected chi connectivity index (χ0v) is 11.4. The maximum atomic E-state index is 11.7. The number of aromatic nitrogens is 2. The number of H-pyrrole nitrogens is 1. The molecule has 0 radical (unpaired) electrons. The van der Waals surface area contributed by atoms with E-state index in [1.807, 2.05) is 6.92 Å². The highest BCUT2D eigenvalue weighted by Gasteiger charge is 2.32. The average Bonchev–Trinajstić information content (AvgIpc) is 2.84. The quantitative estimate of drug-likeness (QED) is 0.653. The van der Waals surface area contributed by atoms with Crippen LogP contribution in [0.25, 0.3) is 10.9 Å². The molecule has 110 valence electrons. The number of hydrogen-bond acceptors (Lipinski definition) is 6. The van der Waals surface area contributed by atoms with Crippen LogP contribution in [0.3, 0.4) is 0 Å². The molecule has 1 fully saturated rings. The van der Waals surface area contributed by atoms with Crippen LogP contribution in [0.5, 0.6) is 0 Å². The predicted molar refractivity (Wildman–Crippen MR) is 76.5 cm³/mol. The summed E-state index contributed by atoms with van der Waals surface area (Å²) in [6.45, 7) is 3.03. The van der Waals surface area contributed by atoms with E-state index in [4.69, 9.17) is 4.74 Å². The maximum absolute atomic E-state index is 11.7. The number of nitrogens with one attached hydrogen (secondary N) is 2. The Bertz CT molecular complexity index is 764. The molecule has 8 nitrogen and oxygen atoms in total. The molecule has 1 atom stereocenters. The second-order valence-corrected chi connectivity index (χ2v) is 5.36.